The molecule has 1 N–H and O–H groups in total. The number of nitrogens with zero attached hydrogens (tertiary/aromatic N) is 2. The van der Waals surface area contributed by atoms with E-state index in [9.17, 15) is 9.59 Å². The van der Waals surface area contributed by atoms with Gasteiger partial charge in [-0.05, 0) is 42.5 Å². The van der Waals surface area contributed by atoms with Crippen molar-refractivity contribution in [3.63, 3.8) is 0 Å². The maximum Gasteiger partial charge on any atom is 0.226 e. The van der Waals surface area contributed by atoms with Crippen molar-refractivity contribution in [2.75, 3.05) is 23.9 Å². The highest BCUT2D eigenvalue weighted by atomic mass is 16.5. The van der Waals surface area contributed by atoms with Crippen LogP contribution < -0.4 is 15.0 Å². The second-order valence-electron chi connectivity index (χ2n) is 5.36. The number of hydrogen-bond donors (Lipinski definition) is 1. The monoisotopic (exact) mass is 337 g/mol. The second-order valence-corrected chi connectivity index (χ2v) is 5.36. The Balaban J connectivity index is 1.99. The third-order valence-corrected chi connectivity index (χ3v) is 3.60. The van der Waals surface area contributed by atoms with E-state index < -0.39 is 0 Å². The molecule has 0 fully saturated rings. The van der Waals surface area contributed by atoms with Gasteiger partial charge < -0.3 is 15.0 Å². The van der Waals surface area contributed by atoms with Crippen molar-refractivity contribution >= 4 is 23.2 Å². The largest absolute Gasteiger partial charge is 0.497 e. The zero-order valence-electron chi connectivity index (χ0n) is 14.2. The highest BCUT2D eigenvalue weighted by Crippen LogP contribution is 2.20. The average Bonchev–Trinajstić information content (AvgIpc) is 2.62. The third-order valence-electron chi connectivity index (χ3n) is 3.60. The van der Waals surface area contributed by atoms with Gasteiger partial charge in [0.05, 0.1) is 18.7 Å². The van der Waals surface area contributed by atoms with E-state index >= 15 is 0 Å². The van der Waals surface area contributed by atoms with Crippen LogP contribution in [0.3, 0.4) is 0 Å². The minimum atomic E-state index is -0.227. The molecule has 0 heterocycles. The van der Waals surface area contributed by atoms with Gasteiger partial charge in [-0.2, -0.15) is 5.26 Å². The topological polar surface area (TPSA) is 82.4 Å². The zero-order chi connectivity index (χ0) is 18.2. The smallest absolute Gasteiger partial charge is 0.226 e. The summed E-state index contributed by atoms with van der Waals surface area (Å²) < 4.78 is 5.10. The molecule has 2 rings (SSSR count). The highest BCUT2D eigenvalue weighted by Gasteiger charge is 2.14. The minimum Gasteiger partial charge on any atom is -0.497 e. The number of methoxy groups -OCH3 is 1. The molecule has 0 bridgehead atoms. The Bertz CT molecular complexity index is 794. The van der Waals surface area contributed by atoms with E-state index in [2.05, 4.69) is 5.32 Å². The molecule has 0 aliphatic rings. The predicted molar refractivity (Wildman–Crippen MR) is 95.4 cm³/mol. The molecule has 0 aliphatic heterocycles. The molecule has 0 aromatic heterocycles. The first-order chi connectivity index (χ1) is 12.0. The number of benzene rings is 2. The minimum absolute atomic E-state index is 0.141. The van der Waals surface area contributed by atoms with Crippen LogP contribution in [-0.2, 0) is 9.59 Å². The van der Waals surface area contributed by atoms with Gasteiger partial charge in [0.25, 0.3) is 0 Å². The Kier molecular flexibility index (Phi) is 6.13. The summed E-state index contributed by atoms with van der Waals surface area (Å²) in [5.41, 5.74) is 1.73. The number of ether oxygens (including phenoxy) is 1. The van der Waals surface area contributed by atoms with Crippen molar-refractivity contribution < 1.29 is 14.3 Å². The van der Waals surface area contributed by atoms with Gasteiger partial charge in [-0.1, -0.05) is 6.07 Å². The first-order valence-electron chi connectivity index (χ1n) is 7.75. The molecule has 0 radical (unpaired) electrons. The summed E-state index contributed by atoms with van der Waals surface area (Å²) in [6, 6.07) is 15.8. The fourth-order valence-electron chi connectivity index (χ4n) is 2.33. The molecule has 0 saturated carbocycles. The standard InChI is InChI=1S/C19H19N3O3/c1-14(23)22(17-6-8-18(25-2)9-7-17)11-10-19(24)21-16-5-3-4-15(12-16)13-20/h3-9,12H,10-11H2,1-2H3,(H,21,24). The van der Waals surface area contributed by atoms with Crippen molar-refractivity contribution in [1.82, 2.24) is 0 Å². The molecule has 0 atom stereocenters. The fraction of sp³-hybridized carbons (Fsp3) is 0.211. The molecule has 2 aromatic carbocycles. The predicted octanol–water partition coefficient (Wildman–Crippen LogP) is 2.95. The average molecular weight is 337 g/mol. The van der Waals surface area contributed by atoms with Crippen LogP contribution in [0.1, 0.15) is 18.9 Å². The number of nitriles is 1. The van der Waals surface area contributed by atoms with E-state index in [-0.39, 0.29) is 24.8 Å². The first-order valence-corrected chi connectivity index (χ1v) is 7.75. The van der Waals surface area contributed by atoms with Gasteiger partial charge in [-0.3, -0.25) is 9.59 Å². The number of hydrogen-bond acceptors (Lipinski definition) is 4. The molecular weight excluding hydrogens is 318 g/mol. The van der Waals surface area contributed by atoms with Crippen molar-refractivity contribution in [3.05, 3.63) is 54.1 Å². The van der Waals surface area contributed by atoms with Gasteiger partial charge in [-0.25, -0.2) is 0 Å². The zero-order valence-corrected chi connectivity index (χ0v) is 14.2. The maximum atomic E-state index is 12.1. The van der Waals surface area contributed by atoms with Crippen LogP contribution in [0.2, 0.25) is 0 Å². The Hall–Kier alpha value is -3.33. The van der Waals surface area contributed by atoms with E-state index in [1.54, 1.807) is 55.6 Å². The summed E-state index contributed by atoms with van der Waals surface area (Å²) >= 11 is 0. The molecule has 2 aromatic rings. The van der Waals surface area contributed by atoms with E-state index in [1.807, 2.05) is 6.07 Å². The van der Waals surface area contributed by atoms with Crippen LogP contribution >= 0.6 is 0 Å². The Morgan fingerprint density at radius 1 is 1.20 bits per heavy atom. The highest BCUT2D eigenvalue weighted by molar-refractivity contribution is 5.94. The van der Waals surface area contributed by atoms with Gasteiger partial charge in [0.15, 0.2) is 0 Å². The molecular formula is C19H19N3O3. The number of amides is 2. The lowest BCUT2D eigenvalue weighted by Gasteiger charge is -2.21. The normalized spacial score (nSPS) is 9.80. The summed E-state index contributed by atoms with van der Waals surface area (Å²) in [5.74, 6) is 0.321. The van der Waals surface area contributed by atoms with Crippen LogP contribution in [-0.4, -0.2) is 25.5 Å². The summed E-state index contributed by atoms with van der Waals surface area (Å²) in [7, 11) is 1.57. The maximum absolute atomic E-state index is 12.1. The summed E-state index contributed by atoms with van der Waals surface area (Å²) in [6.07, 6.45) is 0.141. The Labute approximate surface area is 146 Å². The van der Waals surface area contributed by atoms with Crippen molar-refractivity contribution in [2.24, 2.45) is 0 Å². The van der Waals surface area contributed by atoms with Gasteiger partial charge in [0.1, 0.15) is 5.75 Å². The first kappa shape index (κ1) is 18.0. The third kappa shape index (κ3) is 5.08. The molecule has 2 amide bonds. The fourth-order valence-corrected chi connectivity index (χ4v) is 2.33. The number of carbonyl (C=O) groups is 2. The number of carbonyl (C=O) groups excluding carboxylic acids is 2. The van der Waals surface area contributed by atoms with Gasteiger partial charge in [-0.15, -0.1) is 0 Å². The molecule has 128 valence electrons. The summed E-state index contributed by atoms with van der Waals surface area (Å²) in [6.45, 7) is 1.71. The molecule has 0 unspecified atom stereocenters. The van der Waals surface area contributed by atoms with E-state index in [4.69, 9.17) is 10.00 Å². The molecule has 25 heavy (non-hydrogen) atoms. The van der Waals surface area contributed by atoms with Crippen LogP contribution in [0.15, 0.2) is 48.5 Å². The lowest BCUT2D eigenvalue weighted by Crippen LogP contribution is -2.31. The molecule has 0 saturated heterocycles. The van der Waals surface area contributed by atoms with E-state index in [1.165, 1.54) is 11.8 Å². The molecule has 0 spiro atoms. The number of nitrogens with one attached hydrogen (secondary N) is 1. The van der Waals surface area contributed by atoms with Crippen LogP contribution in [0.4, 0.5) is 11.4 Å². The molecule has 0 aliphatic carbocycles. The number of rotatable bonds is 6. The lowest BCUT2D eigenvalue weighted by molar-refractivity contribution is -0.117. The van der Waals surface area contributed by atoms with Crippen LogP contribution in [0, 0.1) is 11.3 Å². The summed E-state index contributed by atoms with van der Waals surface area (Å²) in [5, 5.41) is 11.6. The van der Waals surface area contributed by atoms with Crippen LogP contribution in [0.25, 0.3) is 0 Å². The second kappa shape index (κ2) is 8.50. The lowest BCUT2D eigenvalue weighted by atomic mass is 10.2. The van der Waals surface area contributed by atoms with Crippen molar-refractivity contribution in [3.8, 4) is 11.8 Å². The van der Waals surface area contributed by atoms with Gasteiger partial charge >= 0.3 is 0 Å². The number of anilines is 2. The van der Waals surface area contributed by atoms with Crippen LogP contribution in [0.5, 0.6) is 5.75 Å². The Morgan fingerprint density at radius 2 is 1.92 bits per heavy atom. The van der Waals surface area contributed by atoms with Crippen molar-refractivity contribution in [1.29, 1.82) is 5.26 Å². The van der Waals surface area contributed by atoms with Gasteiger partial charge in [0.2, 0.25) is 11.8 Å². The molecule has 6 heteroatoms. The van der Waals surface area contributed by atoms with E-state index in [0.29, 0.717) is 22.7 Å². The molecule has 6 nitrogen and oxygen atoms in total. The van der Waals surface area contributed by atoms with Gasteiger partial charge in [0, 0.05) is 31.3 Å². The quantitative estimate of drug-likeness (QED) is 0.878. The van der Waals surface area contributed by atoms with E-state index in [0.717, 1.165) is 0 Å². The summed E-state index contributed by atoms with van der Waals surface area (Å²) in [4.78, 5) is 25.5. The SMILES string of the molecule is COc1ccc(N(CCC(=O)Nc2cccc(C#N)c2)C(C)=O)cc1. The van der Waals surface area contributed by atoms with Crippen molar-refractivity contribution in [2.45, 2.75) is 13.3 Å². The Morgan fingerprint density at radius 3 is 2.52 bits per heavy atom.